The van der Waals surface area contributed by atoms with E-state index in [9.17, 15) is 14.0 Å². The monoisotopic (exact) mass is 391 g/mol. The Balaban J connectivity index is 1.88. The second-order valence-corrected chi connectivity index (χ2v) is 7.47. The molecular formula is C22H34FN3O2. The highest BCUT2D eigenvalue weighted by atomic mass is 19.1. The Hall–Kier alpha value is -1.95. The van der Waals surface area contributed by atoms with E-state index < -0.39 is 0 Å². The maximum absolute atomic E-state index is 13.2. The summed E-state index contributed by atoms with van der Waals surface area (Å²) in [6.07, 6.45) is 4.17. The lowest BCUT2D eigenvalue weighted by molar-refractivity contribution is -0.132. The van der Waals surface area contributed by atoms with Crippen molar-refractivity contribution in [3.63, 3.8) is 0 Å². The van der Waals surface area contributed by atoms with E-state index in [1.807, 2.05) is 16.7 Å². The standard InChI is InChI=1S/C22H34FN3O2/c1-3-5-6-7-22(28)26(18-19-8-10-20(23)11-9-19)17-14-24-12-15-25(16-13-24)21(27)4-2/h8-11H,3-7,12-18H2,1-2H3. The zero-order valence-electron chi connectivity index (χ0n) is 17.3. The minimum atomic E-state index is -0.260. The number of hydrogen-bond acceptors (Lipinski definition) is 3. The maximum atomic E-state index is 13.2. The van der Waals surface area contributed by atoms with Crippen molar-refractivity contribution in [2.75, 3.05) is 39.3 Å². The van der Waals surface area contributed by atoms with Gasteiger partial charge in [-0.1, -0.05) is 38.8 Å². The van der Waals surface area contributed by atoms with Gasteiger partial charge in [0.05, 0.1) is 0 Å². The van der Waals surface area contributed by atoms with Crippen molar-refractivity contribution in [2.45, 2.75) is 52.5 Å². The molecule has 0 atom stereocenters. The predicted octanol–water partition coefficient (Wildman–Crippen LogP) is 3.29. The first-order chi connectivity index (χ1) is 13.5. The third-order valence-electron chi connectivity index (χ3n) is 5.35. The highest BCUT2D eigenvalue weighted by Crippen LogP contribution is 2.11. The smallest absolute Gasteiger partial charge is 0.222 e. The Morgan fingerprint density at radius 2 is 1.71 bits per heavy atom. The van der Waals surface area contributed by atoms with Crippen molar-refractivity contribution >= 4 is 11.8 Å². The Morgan fingerprint density at radius 3 is 2.32 bits per heavy atom. The summed E-state index contributed by atoms with van der Waals surface area (Å²) >= 11 is 0. The fourth-order valence-corrected chi connectivity index (χ4v) is 3.49. The molecule has 1 heterocycles. The van der Waals surface area contributed by atoms with Crippen molar-refractivity contribution in [1.29, 1.82) is 0 Å². The summed E-state index contributed by atoms with van der Waals surface area (Å²) < 4.78 is 13.2. The van der Waals surface area contributed by atoms with Crippen LogP contribution in [0.4, 0.5) is 4.39 Å². The van der Waals surface area contributed by atoms with Gasteiger partial charge in [-0.2, -0.15) is 0 Å². The van der Waals surface area contributed by atoms with Crippen LogP contribution in [0.1, 0.15) is 51.5 Å². The Morgan fingerprint density at radius 1 is 1.04 bits per heavy atom. The Bertz CT molecular complexity index is 613. The Kier molecular flexibility index (Phi) is 9.41. The summed E-state index contributed by atoms with van der Waals surface area (Å²) in [5, 5.41) is 0. The zero-order chi connectivity index (χ0) is 20.4. The van der Waals surface area contributed by atoms with Gasteiger partial charge in [0.25, 0.3) is 0 Å². The molecule has 6 heteroatoms. The van der Waals surface area contributed by atoms with E-state index in [0.29, 0.717) is 25.9 Å². The molecule has 0 radical (unpaired) electrons. The number of carbonyl (C=O) groups excluding carboxylic acids is 2. The van der Waals surface area contributed by atoms with Crippen molar-refractivity contribution in [3.05, 3.63) is 35.6 Å². The van der Waals surface area contributed by atoms with E-state index in [0.717, 1.165) is 57.5 Å². The number of unbranched alkanes of at least 4 members (excludes halogenated alkanes) is 2. The molecule has 0 saturated carbocycles. The fourth-order valence-electron chi connectivity index (χ4n) is 3.49. The molecule has 1 aliphatic rings. The lowest BCUT2D eigenvalue weighted by Crippen LogP contribution is -2.50. The largest absolute Gasteiger partial charge is 0.340 e. The molecule has 1 fully saturated rings. The average molecular weight is 392 g/mol. The van der Waals surface area contributed by atoms with Gasteiger partial charge in [-0.25, -0.2) is 4.39 Å². The normalized spacial score (nSPS) is 14.9. The first kappa shape index (κ1) is 22.3. The van der Waals surface area contributed by atoms with Crippen LogP contribution in [0.5, 0.6) is 0 Å². The van der Waals surface area contributed by atoms with Gasteiger partial charge in [-0.15, -0.1) is 0 Å². The number of rotatable bonds is 10. The summed E-state index contributed by atoms with van der Waals surface area (Å²) in [6.45, 7) is 9.21. The second-order valence-electron chi connectivity index (χ2n) is 7.47. The minimum absolute atomic E-state index is 0.164. The van der Waals surface area contributed by atoms with E-state index >= 15 is 0 Å². The minimum Gasteiger partial charge on any atom is -0.340 e. The van der Waals surface area contributed by atoms with Crippen LogP contribution in [0, 0.1) is 5.82 Å². The lowest BCUT2D eigenvalue weighted by Gasteiger charge is -2.36. The number of piperazine rings is 1. The number of amides is 2. The van der Waals surface area contributed by atoms with Gasteiger partial charge >= 0.3 is 0 Å². The van der Waals surface area contributed by atoms with Crippen LogP contribution in [0.15, 0.2) is 24.3 Å². The van der Waals surface area contributed by atoms with Crippen molar-refractivity contribution < 1.29 is 14.0 Å². The molecule has 156 valence electrons. The summed E-state index contributed by atoms with van der Waals surface area (Å²) in [6, 6.07) is 6.38. The Labute approximate surface area is 168 Å². The lowest BCUT2D eigenvalue weighted by atomic mass is 10.1. The molecule has 5 nitrogen and oxygen atoms in total. The molecule has 0 bridgehead atoms. The molecule has 28 heavy (non-hydrogen) atoms. The van der Waals surface area contributed by atoms with Gasteiger partial charge in [-0.3, -0.25) is 14.5 Å². The van der Waals surface area contributed by atoms with Crippen LogP contribution in [0.2, 0.25) is 0 Å². The van der Waals surface area contributed by atoms with E-state index in [-0.39, 0.29) is 17.6 Å². The van der Waals surface area contributed by atoms with Gasteiger partial charge in [0, 0.05) is 58.7 Å². The summed E-state index contributed by atoms with van der Waals surface area (Å²) in [4.78, 5) is 30.7. The molecule has 1 aliphatic heterocycles. The van der Waals surface area contributed by atoms with Gasteiger partial charge in [0.15, 0.2) is 0 Å². The molecule has 0 aromatic heterocycles. The molecule has 1 aromatic carbocycles. The van der Waals surface area contributed by atoms with Crippen LogP contribution in [0.25, 0.3) is 0 Å². The molecule has 2 rings (SSSR count). The van der Waals surface area contributed by atoms with Crippen molar-refractivity contribution in [2.24, 2.45) is 0 Å². The quantitative estimate of drug-likeness (QED) is 0.575. The third kappa shape index (κ3) is 7.23. The van der Waals surface area contributed by atoms with Gasteiger partial charge in [-0.05, 0) is 24.1 Å². The van der Waals surface area contributed by atoms with Gasteiger partial charge in [0.1, 0.15) is 5.82 Å². The molecule has 0 N–H and O–H groups in total. The molecule has 1 saturated heterocycles. The first-order valence-electron chi connectivity index (χ1n) is 10.6. The molecule has 0 spiro atoms. The number of hydrogen-bond donors (Lipinski definition) is 0. The van der Waals surface area contributed by atoms with E-state index in [2.05, 4.69) is 11.8 Å². The SMILES string of the molecule is CCCCCC(=O)N(CCN1CCN(C(=O)CC)CC1)Cc1ccc(F)cc1. The number of carbonyl (C=O) groups is 2. The van der Waals surface area contributed by atoms with Crippen molar-refractivity contribution in [3.8, 4) is 0 Å². The average Bonchev–Trinajstić information content (AvgIpc) is 2.72. The van der Waals surface area contributed by atoms with Crippen LogP contribution >= 0.6 is 0 Å². The number of nitrogens with zero attached hydrogens (tertiary/aromatic N) is 3. The molecule has 0 aliphatic carbocycles. The van der Waals surface area contributed by atoms with Crippen LogP contribution in [0.3, 0.4) is 0 Å². The fraction of sp³-hybridized carbons (Fsp3) is 0.636. The highest BCUT2D eigenvalue weighted by molar-refractivity contribution is 5.76. The first-order valence-corrected chi connectivity index (χ1v) is 10.6. The molecular weight excluding hydrogens is 357 g/mol. The van der Waals surface area contributed by atoms with Crippen molar-refractivity contribution in [1.82, 2.24) is 14.7 Å². The second kappa shape index (κ2) is 11.8. The van der Waals surface area contributed by atoms with E-state index in [4.69, 9.17) is 0 Å². The molecule has 0 unspecified atom stereocenters. The van der Waals surface area contributed by atoms with Crippen LogP contribution in [-0.2, 0) is 16.1 Å². The molecule has 2 amide bonds. The number of halogens is 1. The predicted molar refractivity (Wildman–Crippen MR) is 109 cm³/mol. The summed E-state index contributed by atoms with van der Waals surface area (Å²) in [5.74, 6) is 0.116. The maximum Gasteiger partial charge on any atom is 0.222 e. The van der Waals surface area contributed by atoms with Crippen LogP contribution in [-0.4, -0.2) is 65.8 Å². The van der Waals surface area contributed by atoms with Gasteiger partial charge < -0.3 is 9.80 Å². The van der Waals surface area contributed by atoms with Crippen LogP contribution < -0.4 is 0 Å². The topological polar surface area (TPSA) is 43.9 Å². The summed E-state index contributed by atoms with van der Waals surface area (Å²) in [5.41, 5.74) is 0.948. The third-order valence-corrected chi connectivity index (χ3v) is 5.35. The van der Waals surface area contributed by atoms with E-state index in [1.54, 1.807) is 12.1 Å². The van der Waals surface area contributed by atoms with Gasteiger partial charge in [0.2, 0.25) is 11.8 Å². The summed E-state index contributed by atoms with van der Waals surface area (Å²) in [7, 11) is 0. The number of benzene rings is 1. The molecule has 1 aromatic rings. The van der Waals surface area contributed by atoms with E-state index in [1.165, 1.54) is 12.1 Å². The highest BCUT2D eigenvalue weighted by Gasteiger charge is 2.21. The zero-order valence-corrected chi connectivity index (χ0v) is 17.3.